The lowest BCUT2D eigenvalue weighted by Gasteiger charge is -2.21. The number of nitrogens with zero attached hydrogens (tertiary/aromatic N) is 1. The fraction of sp³-hybridized carbons (Fsp3) is 0.222. The smallest absolute Gasteiger partial charge is 0.271 e. The molecule has 34 heavy (non-hydrogen) atoms. The van der Waals surface area contributed by atoms with Crippen molar-refractivity contribution >= 4 is 27.7 Å². The van der Waals surface area contributed by atoms with E-state index in [9.17, 15) is 13.2 Å². The first-order valence-electron chi connectivity index (χ1n) is 11.1. The van der Waals surface area contributed by atoms with Crippen molar-refractivity contribution in [3.05, 3.63) is 90.0 Å². The predicted octanol–water partition coefficient (Wildman–Crippen LogP) is 5.62. The average Bonchev–Trinajstić information content (AvgIpc) is 2.84. The van der Waals surface area contributed by atoms with Crippen molar-refractivity contribution in [3.8, 4) is 11.5 Å². The van der Waals surface area contributed by atoms with Gasteiger partial charge in [0.1, 0.15) is 11.5 Å². The highest BCUT2D eigenvalue weighted by Gasteiger charge is 2.29. The van der Waals surface area contributed by atoms with Crippen LogP contribution in [-0.4, -0.2) is 28.0 Å². The van der Waals surface area contributed by atoms with Crippen LogP contribution in [0.3, 0.4) is 0 Å². The van der Waals surface area contributed by atoms with Gasteiger partial charge in [0.25, 0.3) is 15.9 Å². The van der Waals surface area contributed by atoms with Crippen molar-refractivity contribution in [3.63, 3.8) is 0 Å². The van der Waals surface area contributed by atoms with Crippen molar-refractivity contribution in [1.82, 2.24) is 0 Å². The summed E-state index contributed by atoms with van der Waals surface area (Å²) in [4.78, 5) is 13.2. The monoisotopic (exact) mass is 479 g/mol. The Bertz CT molecular complexity index is 1220. The van der Waals surface area contributed by atoms with Crippen molar-refractivity contribution in [2.24, 2.45) is 0 Å². The zero-order chi connectivity index (χ0) is 24.6. The van der Waals surface area contributed by atoms with Crippen LogP contribution in [0.4, 0.5) is 5.69 Å². The van der Waals surface area contributed by atoms with E-state index < -0.39 is 15.9 Å². The van der Waals surface area contributed by atoms with Crippen LogP contribution in [-0.2, 0) is 14.8 Å². The first-order valence-corrected chi connectivity index (χ1v) is 12.5. The standard InChI is InChI=1S/C27H29NO5S/c1-4-5-20-33-25-13-8-22(9-14-25)10-19-27(29)28(23-11-15-24(32-3)16-12-23)34(30,31)26-17-6-21(2)7-18-26/h6-19H,4-5,20H2,1-3H3/b19-10+. The van der Waals surface area contributed by atoms with E-state index in [2.05, 4.69) is 6.92 Å². The van der Waals surface area contributed by atoms with E-state index in [-0.39, 0.29) is 10.6 Å². The average molecular weight is 480 g/mol. The summed E-state index contributed by atoms with van der Waals surface area (Å²) in [6.45, 7) is 4.62. The van der Waals surface area contributed by atoms with Gasteiger partial charge in [-0.25, -0.2) is 8.42 Å². The van der Waals surface area contributed by atoms with Crippen molar-refractivity contribution < 1.29 is 22.7 Å². The summed E-state index contributed by atoms with van der Waals surface area (Å²) in [5.74, 6) is 0.619. The molecule has 0 aliphatic rings. The minimum atomic E-state index is -4.14. The number of unbranched alkanes of at least 4 members (excludes halogenated alkanes) is 1. The Morgan fingerprint density at radius 1 is 0.912 bits per heavy atom. The minimum absolute atomic E-state index is 0.0317. The van der Waals surface area contributed by atoms with Gasteiger partial charge in [-0.1, -0.05) is 43.2 Å². The number of ether oxygens (including phenoxy) is 2. The molecule has 178 valence electrons. The van der Waals surface area contributed by atoms with Crippen molar-refractivity contribution in [2.45, 2.75) is 31.6 Å². The Morgan fingerprint density at radius 2 is 1.53 bits per heavy atom. The van der Waals surface area contributed by atoms with Gasteiger partial charge in [0.2, 0.25) is 0 Å². The second-order valence-corrected chi connectivity index (χ2v) is 9.51. The zero-order valence-corrected chi connectivity index (χ0v) is 20.4. The van der Waals surface area contributed by atoms with Gasteiger partial charge < -0.3 is 9.47 Å². The topological polar surface area (TPSA) is 72.9 Å². The van der Waals surface area contributed by atoms with E-state index in [4.69, 9.17) is 9.47 Å². The molecule has 0 spiro atoms. The van der Waals surface area contributed by atoms with Gasteiger partial charge in [-0.3, -0.25) is 4.79 Å². The SMILES string of the molecule is CCCCOc1ccc(/C=C/C(=O)N(c2ccc(OC)cc2)S(=O)(=O)c2ccc(C)cc2)cc1. The van der Waals surface area contributed by atoms with E-state index >= 15 is 0 Å². The molecule has 0 saturated carbocycles. The van der Waals surface area contributed by atoms with E-state index in [0.717, 1.165) is 34.0 Å². The molecule has 0 atom stereocenters. The summed E-state index contributed by atoms with van der Waals surface area (Å²) < 4.78 is 38.5. The Kier molecular flexibility index (Phi) is 8.49. The van der Waals surface area contributed by atoms with E-state index in [1.54, 1.807) is 42.5 Å². The van der Waals surface area contributed by atoms with Gasteiger partial charge in [0, 0.05) is 6.08 Å². The lowest BCUT2D eigenvalue weighted by molar-refractivity contribution is -0.113. The van der Waals surface area contributed by atoms with Gasteiger partial charge in [-0.05, 0) is 73.5 Å². The molecule has 1 amide bonds. The number of methoxy groups -OCH3 is 1. The number of hydrogen-bond donors (Lipinski definition) is 0. The molecular weight excluding hydrogens is 450 g/mol. The second-order valence-electron chi connectivity index (χ2n) is 7.72. The van der Waals surface area contributed by atoms with Crippen LogP contribution in [0.25, 0.3) is 6.08 Å². The summed E-state index contributed by atoms with van der Waals surface area (Å²) in [7, 11) is -2.62. The molecule has 0 N–H and O–H groups in total. The molecule has 0 heterocycles. The number of hydrogen-bond acceptors (Lipinski definition) is 5. The van der Waals surface area contributed by atoms with Crippen molar-refractivity contribution in [1.29, 1.82) is 0 Å². The molecule has 0 aliphatic carbocycles. The van der Waals surface area contributed by atoms with Gasteiger partial charge in [0.05, 0.1) is 24.3 Å². The molecule has 0 radical (unpaired) electrons. The number of benzene rings is 3. The summed E-state index contributed by atoms with van der Waals surface area (Å²) in [6, 6.07) is 20.0. The fourth-order valence-corrected chi connectivity index (χ4v) is 4.55. The molecule has 0 unspecified atom stereocenters. The van der Waals surface area contributed by atoms with Gasteiger partial charge in [-0.2, -0.15) is 4.31 Å². The first kappa shape index (κ1) is 25.1. The van der Waals surface area contributed by atoms with Crippen LogP contribution in [0.15, 0.2) is 83.8 Å². The summed E-state index contributed by atoms with van der Waals surface area (Å²) in [6.07, 6.45) is 4.87. The molecule has 3 aromatic rings. The molecule has 0 saturated heterocycles. The summed E-state index contributed by atoms with van der Waals surface area (Å²) in [5.41, 5.74) is 1.89. The largest absolute Gasteiger partial charge is 0.497 e. The number of carbonyl (C=O) groups excluding carboxylic acids is 1. The number of rotatable bonds is 10. The molecule has 0 aliphatic heterocycles. The van der Waals surface area contributed by atoms with Gasteiger partial charge in [0.15, 0.2) is 0 Å². The zero-order valence-electron chi connectivity index (χ0n) is 19.6. The van der Waals surface area contributed by atoms with Crippen LogP contribution in [0.2, 0.25) is 0 Å². The molecule has 0 aromatic heterocycles. The summed E-state index contributed by atoms with van der Waals surface area (Å²) >= 11 is 0. The number of anilines is 1. The van der Waals surface area contributed by atoms with Gasteiger partial charge >= 0.3 is 0 Å². The number of sulfonamides is 1. The highest BCUT2D eigenvalue weighted by Crippen LogP contribution is 2.27. The Morgan fingerprint density at radius 3 is 2.12 bits per heavy atom. The van der Waals surface area contributed by atoms with E-state index in [1.807, 2.05) is 31.2 Å². The molecular formula is C27H29NO5S. The van der Waals surface area contributed by atoms with Crippen LogP contribution >= 0.6 is 0 Å². The number of amides is 1. The molecule has 6 nitrogen and oxygen atoms in total. The quantitative estimate of drug-likeness (QED) is 0.279. The molecule has 3 rings (SSSR count). The first-order chi connectivity index (χ1) is 16.3. The predicted molar refractivity (Wildman–Crippen MR) is 135 cm³/mol. The Balaban J connectivity index is 1.89. The highest BCUT2D eigenvalue weighted by atomic mass is 32.2. The van der Waals surface area contributed by atoms with Crippen LogP contribution in [0.1, 0.15) is 30.9 Å². The lowest BCUT2D eigenvalue weighted by atomic mass is 10.2. The Labute approximate surface area is 201 Å². The van der Waals surface area contributed by atoms with E-state index in [1.165, 1.54) is 25.3 Å². The molecule has 7 heteroatoms. The third-order valence-electron chi connectivity index (χ3n) is 5.13. The third-order valence-corrected chi connectivity index (χ3v) is 6.87. The minimum Gasteiger partial charge on any atom is -0.497 e. The third kappa shape index (κ3) is 6.26. The van der Waals surface area contributed by atoms with Crippen LogP contribution in [0, 0.1) is 6.92 Å². The maximum absolute atomic E-state index is 13.4. The van der Waals surface area contributed by atoms with E-state index in [0.29, 0.717) is 12.4 Å². The second kappa shape index (κ2) is 11.5. The van der Waals surface area contributed by atoms with Gasteiger partial charge in [-0.15, -0.1) is 0 Å². The number of aryl methyl sites for hydroxylation is 1. The maximum Gasteiger partial charge on any atom is 0.271 e. The lowest BCUT2D eigenvalue weighted by Crippen LogP contribution is -2.35. The van der Waals surface area contributed by atoms with Crippen LogP contribution in [0.5, 0.6) is 11.5 Å². The Hall–Kier alpha value is -3.58. The number of carbonyl (C=O) groups is 1. The molecule has 3 aromatic carbocycles. The normalized spacial score (nSPS) is 11.4. The summed E-state index contributed by atoms with van der Waals surface area (Å²) in [5, 5.41) is 0. The van der Waals surface area contributed by atoms with Crippen LogP contribution < -0.4 is 13.8 Å². The molecule has 0 fully saturated rings. The highest BCUT2D eigenvalue weighted by molar-refractivity contribution is 7.93. The maximum atomic E-state index is 13.4. The van der Waals surface area contributed by atoms with Crippen molar-refractivity contribution in [2.75, 3.05) is 18.0 Å². The fourth-order valence-electron chi connectivity index (χ4n) is 3.16. The molecule has 0 bridgehead atoms.